The molecule has 0 fully saturated rings. The summed E-state index contributed by atoms with van der Waals surface area (Å²) in [6.45, 7) is -1.01. The van der Waals surface area contributed by atoms with E-state index in [4.69, 9.17) is 15.3 Å². The van der Waals surface area contributed by atoms with E-state index < -0.39 is 25.4 Å². The van der Waals surface area contributed by atoms with Crippen molar-refractivity contribution >= 4 is 15.9 Å². The number of nitrogens with one attached hydrogen (secondary N) is 1. The van der Waals surface area contributed by atoms with E-state index in [1.54, 1.807) is 12.1 Å². The van der Waals surface area contributed by atoms with Gasteiger partial charge in [-0.15, -0.1) is 0 Å². The zero-order valence-electron chi connectivity index (χ0n) is 9.16. The normalized spacial score (nSPS) is 11.8. The molecule has 0 radical (unpaired) electrons. The first-order valence-corrected chi connectivity index (χ1v) is 5.88. The molecule has 0 saturated carbocycles. The lowest BCUT2D eigenvalue weighted by atomic mass is 10.0. The fourth-order valence-corrected chi connectivity index (χ4v) is 1.69. The third-order valence-corrected chi connectivity index (χ3v) is 3.48. The van der Waals surface area contributed by atoms with Crippen LogP contribution in [0.5, 0.6) is 0 Å². The molecule has 1 aromatic carbocycles. The van der Waals surface area contributed by atoms with Gasteiger partial charge in [0.15, 0.2) is 0 Å². The van der Waals surface area contributed by atoms with Crippen molar-refractivity contribution in [1.82, 2.24) is 5.32 Å². The first-order valence-electron chi connectivity index (χ1n) is 5.09. The molecule has 0 aliphatic heterocycles. The van der Waals surface area contributed by atoms with Gasteiger partial charge in [0.05, 0.1) is 29.8 Å². The maximum atomic E-state index is 13.2. The summed E-state index contributed by atoms with van der Waals surface area (Å²) in [4.78, 5) is 0. The van der Waals surface area contributed by atoms with Crippen molar-refractivity contribution in [2.75, 3.05) is 19.8 Å². The summed E-state index contributed by atoms with van der Waals surface area (Å²) in [5, 5.41) is 30.2. The van der Waals surface area contributed by atoms with Gasteiger partial charge < -0.3 is 20.6 Å². The predicted octanol–water partition coefficient (Wildman–Crippen LogP) is 0.393. The van der Waals surface area contributed by atoms with E-state index >= 15 is 0 Å². The smallest absolute Gasteiger partial charge is 0.137 e. The molecule has 0 atom stereocenters. The fraction of sp³-hybridized carbons (Fsp3) is 0.455. The topological polar surface area (TPSA) is 72.7 Å². The predicted molar refractivity (Wildman–Crippen MR) is 64.9 cm³/mol. The molecule has 17 heavy (non-hydrogen) atoms. The van der Waals surface area contributed by atoms with E-state index in [1.165, 1.54) is 6.07 Å². The van der Waals surface area contributed by atoms with Gasteiger partial charge in [-0.3, -0.25) is 0 Å². The molecule has 0 saturated heterocycles. The summed E-state index contributed by atoms with van der Waals surface area (Å²) in [6.07, 6.45) is 0. The van der Waals surface area contributed by atoms with Crippen LogP contribution in [0.1, 0.15) is 5.56 Å². The molecule has 4 nitrogen and oxygen atoms in total. The van der Waals surface area contributed by atoms with Gasteiger partial charge in [0.25, 0.3) is 0 Å². The number of hydrogen-bond acceptors (Lipinski definition) is 4. The van der Waals surface area contributed by atoms with Gasteiger partial charge in [-0.25, -0.2) is 4.39 Å². The van der Waals surface area contributed by atoms with E-state index in [1.807, 2.05) is 0 Å². The molecule has 0 heterocycles. The zero-order chi connectivity index (χ0) is 12.9. The standard InChI is InChI=1S/C11H15BrFNO3/c12-10-8(2-1-3-9(10)13)4-14-11(5-15,6-16)7-17/h1-3,14-17H,4-7H2. The average Bonchev–Trinajstić information content (AvgIpc) is 2.36. The summed E-state index contributed by atoms with van der Waals surface area (Å²) in [5.74, 6) is -0.383. The van der Waals surface area contributed by atoms with Crippen LogP contribution in [0, 0.1) is 5.82 Å². The summed E-state index contributed by atoms with van der Waals surface area (Å²) in [6, 6.07) is 4.59. The Hall–Kier alpha value is -0.530. The van der Waals surface area contributed by atoms with Gasteiger partial charge in [-0.1, -0.05) is 12.1 Å². The highest BCUT2D eigenvalue weighted by molar-refractivity contribution is 9.10. The number of aliphatic hydroxyl groups is 3. The maximum absolute atomic E-state index is 13.2. The second-order valence-corrected chi connectivity index (χ2v) is 4.61. The van der Waals surface area contributed by atoms with Crippen LogP contribution in [0.25, 0.3) is 0 Å². The Morgan fingerprint density at radius 1 is 1.18 bits per heavy atom. The molecular formula is C11H15BrFNO3. The molecule has 6 heteroatoms. The van der Waals surface area contributed by atoms with Crippen molar-refractivity contribution in [3.05, 3.63) is 34.1 Å². The lowest BCUT2D eigenvalue weighted by Crippen LogP contribution is -2.54. The summed E-state index contributed by atoms with van der Waals surface area (Å²) >= 11 is 3.11. The average molecular weight is 308 g/mol. The van der Waals surface area contributed by atoms with Crippen molar-refractivity contribution in [3.8, 4) is 0 Å². The Labute approximate surface area is 107 Å². The van der Waals surface area contributed by atoms with E-state index in [2.05, 4.69) is 21.2 Å². The number of benzene rings is 1. The number of aliphatic hydroxyl groups excluding tert-OH is 3. The first kappa shape index (κ1) is 14.5. The van der Waals surface area contributed by atoms with Crippen molar-refractivity contribution < 1.29 is 19.7 Å². The molecule has 1 rings (SSSR count). The molecule has 0 unspecified atom stereocenters. The van der Waals surface area contributed by atoms with Crippen LogP contribution >= 0.6 is 15.9 Å². The Morgan fingerprint density at radius 3 is 2.29 bits per heavy atom. The Morgan fingerprint density at radius 2 is 1.76 bits per heavy atom. The third-order valence-electron chi connectivity index (χ3n) is 2.59. The minimum absolute atomic E-state index is 0.222. The quantitative estimate of drug-likeness (QED) is 0.614. The highest BCUT2D eigenvalue weighted by Crippen LogP contribution is 2.20. The van der Waals surface area contributed by atoms with Crippen molar-refractivity contribution in [2.45, 2.75) is 12.1 Å². The minimum atomic E-state index is -1.16. The van der Waals surface area contributed by atoms with Gasteiger partial charge in [0, 0.05) is 6.54 Å². The van der Waals surface area contributed by atoms with Crippen LogP contribution in [0.3, 0.4) is 0 Å². The minimum Gasteiger partial charge on any atom is -0.394 e. The van der Waals surface area contributed by atoms with Crippen molar-refractivity contribution in [1.29, 1.82) is 0 Å². The number of hydrogen-bond donors (Lipinski definition) is 4. The van der Waals surface area contributed by atoms with E-state index in [9.17, 15) is 4.39 Å². The van der Waals surface area contributed by atoms with Crippen LogP contribution < -0.4 is 5.32 Å². The van der Waals surface area contributed by atoms with Gasteiger partial charge >= 0.3 is 0 Å². The molecule has 0 aromatic heterocycles. The lowest BCUT2D eigenvalue weighted by molar-refractivity contribution is 0.0413. The molecule has 0 bridgehead atoms. The Kier molecular flexibility index (Phi) is 5.48. The zero-order valence-corrected chi connectivity index (χ0v) is 10.7. The monoisotopic (exact) mass is 307 g/mol. The summed E-state index contributed by atoms with van der Waals surface area (Å²) in [7, 11) is 0. The number of halogens is 2. The highest BCUT2D eigenvalue weighted by Gasteiger charge is 2.27. The largest absolute Gasteiger partial charge is 0.394 e. The number of rotatable bonds is 6. The van der Waals surface area contributed by atoms with Crippen molar-refractivity contribution in [2.24, 2.45) is 0 Å². The molecule has 0 aliphatic rings. The maximum Gasteiger partial charge on any atom is 0.137 e. The molecule has 4 N–H and O–H groups in total. The van der Waals surface area contributed by atoms with E-state index in [0.29, 0.717) is 10.0 Å². The molecule has 0 amide bonds. The van der Waals surface area contributed by atoms with Gasteiger partial charge in [-0.2, -0.15) is 0 Å². The van der Waals surface area contributed by atoms with Crippen LogP contribution in [0.4, 0.5) is 4.39 Å². The molecular weight excluding hydrogens is 293 g/mol. The SMILES string of the molecule is OCC(CO)(CO)NCc1cccc(F)c1Br. The lowest BCUT2D eigenvalue weighted by Gasteiger charge is -2.29. The second-order valence-electron chi connectivity index (χ2n) is 3.82. The third kappa shape index (κ3) is 3.46. The summed E-state index contributed by atoms with van der Waals surface area (Å²) in [5.41, 5.74) is -0.518. The molecule has 0 aliphatic carbocycles. The van der Waals surface area contributed by atoms with Crippen LogP contribution in [-0.4, -0.2) is 40.7 Å². The Bertz CT molecular complexity index is 363. The van der Waals surface area contributed by atoms with Crippen molar-refractivity contribution in [3.63, 3.8) is 0 Å². The van der Waals surface area contributed by atoms with Gasteiger partial charge in [0.1, 0.15) is 5.82 Å². The van der Waals surface area contributed by atoms with Crippen LogP contribution in [0.15, 0.2) is 22.7 Å². The first-order chi connectivity index (χ1) is 8.08. The van der Waals surface area contributed by atoms with E-state index in [-0.39, 0.29) is 12.4 Å². The molecule has 1 aromatic rings. The highest BCUT2D eigenvalue weighted by atomic mass is 79.9. The van der Waals surface area contributed by atoms with Crippen LogP contribution in [-0.2, 0) is 6.54 Å². The fourth-order valence-electron chi connectivity index (χ4n) is 1.29. The Balaban J connectivity index is 2.75. The summed E-state index contributed by atoms with van der Waals surface area (Å²) < 4.78 is 13.6. The molecule has 96 valence electrons. The van der Waals surface area contributed by atoms with Gasteiger partial charge in [0.2, 0.25) is 0 Å². The molecule has 0 spiro atoms. The van der Waals surface area contributed by atoms with E-state index in [0.717, 1.165) is 0 Å². The second kappa shape index (κ2) is 6.42. The van der Waals surface area contributed by atoms with Gasteiger partial charge in [-0.05, 0) is 27.6 Å². The van der Waals surface area contributed by atoms with Crippen LogP contribution in [0.2, 0.25) is 0 Å².